The Kier molecular flexibility index (Phi) is 3.40. The fraction of sp³-hybridized carbons (Fsp3) is 0.240. The van der Waals surface area contributed by atoms with E-state index in [0.29, 0.717) is 0 Å². The largest absolute Gasteiger partial charge is 0.255 e. The van der Waals surface area contributed by atoms with Crippen LogP contribution in [-0.2, 0) is 11.8 Å². The maximum atomic E-state index is 5.01. The Hall–Kier alpha value is -2.67. The quantitative estimate of drug-likeness (QED) is 0.378. The van der Waals surface area contributed by atoms with E-state index in [0.717, 1.165) is 12.1 Å². The van der Waals surface area contributed by atoms with Gasteiger partial charge in [-0.05, 0) is 52.0 Å². The van der Waals surface area contributed by atoms with Crippen LogP contribution in [0, 0.1) is 0 Å². The molecule has 0 amide bonds. The second kappa shape index (κ2) is 5.67. The first kappa shape index (κ1) is 15.6. The predicted molar refractivity (Wildman–Crippen MR) is 111 cm³/mol. The molecule has 0 saturated heterocycles. The van der Waals surface area contributed by atoms with Gasteiger partial charge >= 0.3 is 0 Å². The summed E-state index contributed by atoms with van der Waals surface area (Å²) < 4.78 is 0. The molecule has 4 aromatic rings. The smallest absolute Gasteiger partial charge is 0.0786 e. The third-order valence-corrected chi connectivity index (χ3v) is 6.02. The molecule has 0 fully saturated rings. The molecule has 0 N–H and O–H groups in total. The summed E-state index contributed by atoms with van der Waals surface area (Å²) in [5, 5.41) is 5.28. The Morgan fingerprint density at radius 3 is 2.54 bits per heavy atom. The van der Waals surface area contributed by atoms with E-state index in [1.54, 1.807) is 0 Å². The highest BCUT2D eigenvalue weighted by Crippen LogP contribution is 2.42. The molecule has 5 rings (SSSR count). The van der Waals surface area contributed by atoms with Gasteiger partial charge in [0, 0.05) is 17.1 Å². The minimum absolute atomic E-state index is 0.176. The summed E-state index contributed by atoms with van der Waals surface area (Å²) >= 11 is 0. The number of benzene rings is 3. The highest BCUT2D eigenvalue weighted by Gasteiger charge is 2.28. The van der Waals surface area contributed by atoms with Gasteiger partial charge < -0.3 is 0 Å². The Morgan fingerprint density at radius 1 is 0.846 bits per heavy atom. The van der Waals surface area contributed by atoms with Crippen LogP contribution in [0.5, 0.6) is 0 Å². The van der Waals surface area contributed by atoms with Gasteiger partial charge in [0.25, 0.3) is 0 Å². The van der Waals surface area contributed by atoms with Crippen molar-refractivity contribution in [3.63, 3.8) is 0 Å². The molecule has 0 radical (unpaired) electrons. The fourth-order valence-corrected chi connectivity index (χ4v) is 4.60. The molecule has 1 aromatic heterocycles. The molecule has 0 atom stereocenters. The maximum absolute atomic E-state index is 5.01. The summed E-state index contributed by atoms with van der Waals surface area (Å²) in [4.78, 5) is 5.01. The van der Waals surface area contributed by atoms with Gasteiger partial charge in [-0.15, -0.1) is 0 Å². The van der Waals surface area contributed by atoms with E-state index in [9.17, 15) is 0 Å². The number of rotatable bonds is 1. The van der Waals surface area contributed by atoms with Crippen LogP contribution in [0.2, 0.25) is 0 Å². The van der Waals surface area contributed by atoms with Gasteiger partial charge in [-0.3, -0.25) is 4.98 Å². The zero-order valence-corrected chi connectivity index (χ0v) is 15.4. The minimum Gasteiger partial charge on any atom is -0.255 e. The van der Waals surface area contributed by atoms with E-state index in [2.05, 4.69) is 80.7 Å². The predicted octanol–water partition coefficient (Wildman–Crippen LogP) is 6.67. The first-order chi connectivity index (χ1) is 12.6. The van der Waals surface area contributed by atoms with E-state index in [1.165, 1.54) is 51.1 Å². The van der Waals surface area contributed by atoms with Crippen molar-refractivity contribution in [3.8, 4) is 11.3 Å². The standard InChI is InChI=1S/C25H23N/c1-25(2)15-7-11-18-10-6-14-21-23(18)22(25)16-26-24(21)20-13-5-9-17-8-3-4-12-19(17)20/h3-6,8-10,12-14,16H,7,11,15H2,1-2H3. The summed E-state index contributed by atoms with van der Waals surface area (Å²) in [7, 11) is 0. The molecule has 1 heteroatoms. The first-order valence-corrected chi connectivity index (χ1v) is 9.54. The number of hydrogen-bond acceptors (Lipinski definition) is 1. The molecule has 128 valence electrons. The Bertz CT molecular complexity index is 1130. The van der Waals surface area contributed by atoms with Crippen LogP contribution in [-0.4, -0.2) is 4.98 Å². The number of aromatic nitrogens is 1. The monoisotopic (exact) mass is 337 g/mol. The van der Waals surface area contributed by atoms with Crippen molar-refractivity contribution in [1.82, 2.24) is 4.98 Å². The Balaban J connectivity index is 1.89. The van der Waals surface area contributed by atoms with E-state index < -0.39 is 0 Å². The number of hydrogen-bond donors (Lipinski definition) is 0. The molecule has 0 bridgehead atoms. The second-order valence-corrected chi connectivity index (χ2v) is 8.12. The third kappa shape index (κ3) is 2.27. The van der Waals surface area contributed by atoms with Crippen LogP contribution in [0.25, 0.3) is 32.8 Å². The van der Waals surface area contributed by atoms with Crippen LogP contribution in [0.1, 0.15) is 37.8 Å². The van der Waals surface area contributed by atoms with Crippen molar-refractivity contribution in [2.24, 2.45) is 0 Å². The first-order valence-electron chi connectivity index (χ1n) is 9.54. The van der Waals surface area contributed by atoms with E-state index in [1.807, 2.05) is 0 Å². The summed E-state index contributed by atoms with van der Waals surface area (Å²) in [6.45, 7) is 4.73. The van der Waals surface area contributed by atoms with Crippen molar-refractivity contribution in [3.05, 3.63) is 78.0 Å². The molecule has 0 spiro atoms. The highest BCUT2D eigenvalue weighted by molar-refractivity contribution is 6.05. The topological polar surface area (TPSA) is 12.9 Å². The summed E-state index contributed by atoms with van der Waals surface area (Å²) in [5.74, 6) is 0. The number of aryl methyl sites for hydroxylation is 1. The molecule has 0 saturated carbocycles. The Labute approximate surface area is 154 Å². The van der Waals surface area contributed by atoms with Gasteiger partial charge in [-0.25, -0.2) is 0 Å². The summed E-state index contributed by atoms with van der Waals surface area (Å²) in [6, 6.07) is 21.9. The van der Waals surface area contributed by atoms with E-state index >= 15 is 0 Å². The van der Waals surface area contributed by atoms with Crippen LogP contribution in [0.4, 0.5) is 0 Å². The zero-order chi connectivity index (χ0) is 17.7. The lowest BCUT2D eigenvalue weighted by molar-refractivity contribution is 0.470. The minimum atomic E-state index is 0.176. The van der Waals surface area contributed by atoms with Gasteiger partial charge in [-0.1, -0.05) is 74.5 Å². The molecule has 3 aromatic carbocycles. The SMILES string of the molecule is CC1(C)CCCc2cccc3c(-c4cccc5ccccc45)ncc1c23. The van der Waals surface area contributed by atoms with Crippen molar-refractivity contribution in [1.29, 1.82) is 0 Å². The van der Waals surface area contributed by atoms with Gasteiger partial charge in [0.05, 0.1) is 5.69 Å². The molecule has 0 unspecified atom stereocenters. The van der Waals surface area contributed by atoms with Crippen LogP contribution >= 0.6 is 0 Å². The molecule has 1 aliphatic carbocycles. The molecule has 0 aliphatic heterocycles. The van der Waals surface area contributed by atoms with Gasteiger partial charge in [0.15, 0.2) is 0 Å². The van der Waals surface area contributed by atoms with Gasteiger partial charge in [-0.2, -0.15) is 0 Å². The molecular formula is C25H23N. The van der Waals surface area contributed by atoms with Crippen molar-refractivity contribution in [2.45, 2.75) is 38.5 Å². The normalized spacial score (nSPS) is 15.9. The number of nitrogens with zero attached hydrogens (tertiary/aromatic N) is 1. The highest BCUT2D eigenvalue weighted by atomic mass is 14.7. The summed E-state index contributed by atoms with van der Waals surface area (Å²) in [5.41, 5.74) is 5.40. The van der Waals surface area contributed by atoms with Crippen molar-refractivity contribution in [2.75, 3.05) is 0 Å². The Morgan fingerprint density at radius 2 is 1.62 bits per heavy atom. The van der Waals surface area contributed by atoms with Crippen LogP contribution < -0.4 is 0 Å². The van der Waals surface area contributed by atoms with Crippen molar-refractivity contribution >= 4 is 21.5 Å². The molecule has 1 heterocycles. The van der Waals surface area contributed by atoms with Gasteiger partial charge in [0.2, 0.25) is 0 Å². The van der Waals surface area contributed by atoms with E-state index in [-0.39, 0.29) is 5.41 Å². The maximum Gasteiger partial charge on any atom is 0.0786 e. The third-order valence-electron chi connectivity index (χ3n) is 6.02. The average Bonchev–Trinajstić information content (AvgIpc) is 2.79. The number of pyridine rings is 1. The van der Waals surface area contributed by atoms with Crippen LogP contribution in [0.15, 0.2) is 66.9 Å². The molecule has 1 aliphatic rings. The van der Waals surface area contributed by atoms with Gasteiger partial charge in [0.1, 0.15) is 0 Å². The zero-order valence-electron chi connectivity index (χ0n) is 15.4. The molecule has 26 heavy (non-hydrogen) atoms. The average molecular weight is 337 g/mol. The number of fused-ring (bicyclic) bond motifs is 1. The molecular weight excluding hydrogens is 314 g/mol. The van der Waals surface area contributed by atoms with E-state index in [4.69, 9.17) is 4.98 Å². The molecule has 1 nitrogen and oxygen atoms in total. The second-order valence-electron chi connectivity index (χ2n) is 8.12. The lowest BCUT2D eigenvalue weighted by Gasteiger charge is -2.25. The van der Waals surface area contributed by atoms with Crippen molar-refractivity contribution < 1.29 is 0 Å². The van der Waals surface area contributed by atoms with Crippen LogP contribution in [0.3, 0.4) is 0 Å². The summed E-state index contributed by atoms with van der Waals surface area (Å²) in [6.07, 6.45) is 5.76. The lowest BCUT2D eigenvalue weighted by Crippen LogP contribution is -2.16. The lowest BCUT2D eigenvalue weighted by atomic mass is 9.80. The fourth-order valence-electron chi connectivity index (χ4n) is 4.60.